The van der Waals surface area contributed by atoms with Crippen molar-refractivity contribution < 1.29 is 9.47 Å². The highest BCUT2D eigenvalue weighted by Gasteiger charge is 2.16. The largest absolute Gasteiger partial charge is 0.493 e. The van der Waals surface area contributed by atoms with Crippen molar-refractivity contribution in [1.82, 2.24) is 14.9 Å². The number of nitrogen functional groups attached to an aromatic ring is 2. The summed E-state index contributed by atoms with van der Waals surface area (Å²) >= 11 is 0. The minimum Gasteiger partial charge on any atom is -0.493 e. The van der Waals surface area contributed by atoms with Gasteiger partial charge in [-0.2, -0.15) is 0 Å². The summed E-state index contributed by atoms with van der Waals surface area (Å²) in [7, 11) is 1.66. The molecule has 166 valence electrons. The third kappa shape index (κ3) is 3.52. The number of nitrogens with zero attached hydrogens (tertiary/aromatic N) is 3. The van der Waals surface area contributed by atoms with Gasteiger partial charge in [0.1, 0.15) is 5.82 Å². The monoisotopic (exact) mass is 431 g/mol. The quantitative estimate of drug-likeness (QED) is 0.267. The second-order valence-electron chi connectivity index (χ2n) is 8.49. The van der Waals surface area contributed by atoms with Gasteiger partial charge in [-0.1, -0.05) is 6.07 Å². The molecule has 1 saturated heterocycles. The maximum Gasteiger partial charge on any atom is 0.163 e. The van der Waals surface area contributed by atoms with Gasteiger partial charge in [0, 0.05) is 46.0 Å². The standard InChI is InChI=1S/C25H29N5O2/c1-15-19(26)7-6-16-23-17-12-21(31-2)22(32-11-5-10-30-8-3-4-9-30)13-20(17)28-14-18(23)25(27)29-24(15)16/h6-7,12-14H,3-5,8-11,26H2,1-2H3,(H2,27,29). The van der Waals surface area contributed by atoms with E-state index in [0.29, 0.717) is 29.6 Å². The Bertz CT molecular complexity index is 1310. The first-order chi connectivity index (χ1) is 15.6. The van der Waals surface area contributed by atoms with Crippen LogP contribution in [0.3, 0.4) is 0 Å². The first kappa shape index (κ1) is 20.6. The van der Waals surface area contributed by atoms with Crippen molar-refractivity contribution in [2.75, 3.05) is 44.8 Å². The Hall–Kier alpha value is -3.32. The Labute approximate surface area is 187 Å². The van der Waals surface area contributed by atoms with Gasteiger partial charge in [-0.25, -0.2) is 4.98 Å². The predicted molar refractivity (Wildman–Crippen MR) is 130 cm³/mol. The van der Waals surface area contributed by atoms with Gasteiger partial charge in [-0.05, 0) is 57.0 Å². The number of hydrogen-bond donors (Lipinski definition) is 2. The highest BCUT2D eigenvalue weighted by Crippen LogP contribution is 2.39. The second-order valence-corrected chi connectivity index (χ2v) is 8.49. The van der Waals surface area contributed by atoms with Gasteiger partial charge < -0.3 is 25.8 Å². The topological polar surface area (TPSA) is 99.5 Å². The zero-order valence-corrected chi connectivity index (χ0v) is 18.6. The number of rotatable bonds is 6. The molecule has 32 heavy (non-hydrogen) atoms. The van der Waals surface area contributed by atoms with Crippen LogP contribution in [0, 0.1) is 6.92 Å². The lowest BCUT2D eigenvalue weighted by Gasteiger charge is -2.16. The molecule has 3 heterocycles. The molecule has 0 saturated carbocycles. The molecule has 5 rings (SSSR count). The molecular weight excluding hydrogens is 402 g/mol. The molecule has 2 aromatic heterocycles. The third-order valence-electron chi connectivity index (χ3n) is 6.48. The molecule has 7 nitrogen and oxygen atoms in total. The van der Waals surface area contributed by atoms with E-state index in [9.17, 15) is 0 Å². The van der Waals surface area contributed by atoms with Crippen LogP contribution in [0.4, 0.5) is 11.5 Å². The number of benzene rings is 2. The molecular formula is C25H29N5O2. The number of nitrogens with two attached hydrogens (primary N) is 2. The van der Waals surface area contributed by atoms with Crippen LogP contribution in [-0.4, -0.2) is 48.2 Å². The molecule has 0 radical (unpaired) electrons. The number of likely N-dealkylation sites (tertiary alicyclic amines) is 1. The average molecular weight is 432 g/mol. The maximum atomic E-state index is 6.31. The molecule has 0 spiro atoms. The predicted octanol–water partition coefficient (Wildman–Crippen LogP) is 4.28. The summed E-state index contributed by atoms with van der Waals surface area (Å²) < 4.78 is 11.8. The maximum absolute atomic E-state index is 6.31. The lowest BCUT2D eigenvalue weighted by atomic mass is 9.99. The number of fused-ring (bicyclic) bond motifs is 5. The molecule has 4 aromatic rings. The van der Waals surface area contributed by atoms with Gasteiger partial charge in [-0.3, -0.25) is 4.98 Å². The molecule has 0 aliphatic carbocycles. The smallest absolute Gasteiger partial charge is 0.163 e. The highest BCUT2D eigenvalue weighted by molar-refractivity contribution is 6.21. The van der Waals surface area contributed by atoms with Gasteiger partial charge in [-0.15, -0.1) is 0 Å². The minimum absolute atomic E-state index is 0.441. The van der Waals surface area contributed by atoms with Gasteiger partial charge in [0.05, 0.1) is 24.8 Å². The van der Waals surface area contributed by atoms with E-state index in [1.807, 2.05) is 31.2 Å². The van der Waals surface area contributed by atoms with E-state index < -0.39 is 0 Å². The summed E-state index contributed by atoms with van der Waals surface area (Å²) in [6, 6.07) is 7.86. The van der Waals surface area contributed by atoms with Crippen molar-refractivity contribution >= 4 is 44.1 Å². The lowest BCUT2D eigenvalue weighted by Crippen LogP contribution is -2.21. The number of methoxy groups -OCH3 is 1. The third-order valence-corrected chi connectivity index (χ3v) is 6.48. The van der Waals surface area contributed by atoms with Gasteiger partial charge >= 0.3 is 0 Å². The Kier molecular flexibility index (Phi) is 5.35. The van der Waals surface area contributed by atoms with Crippen LogP contribution < -0.4 is 20.9 Å². The summed E-state index contributed by atoms with van der Waals surface area (Å²) in [4.78, 5) is 11.8. The Morgan fingerprint density at radius 1 is 1.03 bits per heavy atom. The number of aryl methyl sites for hydroxylation is 1. The van der Waals surface area contributed by atoms with E-state index in [0.717, 1.165) is 51.1 Å². The van der Waals surface area contributed by atoms with E-state index >= 15 is 0 Å². The average Bonchev–Trinajstić information content (AvgIpc) is 3.32. The second kappa shape index (κ2) is 8.31. The Morgan fingerprint density at radius 2 is 1.84 bits per heavy atom. The van der Waals surface area contributed by atoms with Crippen LogP contribution in [0.5, 0.6) is 11.5 Å². The van der Waals surface area contributed by atoms with E-state index in [-0.39, 0.29) is 0 Å². The molecule has 2 aromatic carbocycles. The molecule has 0 bridgehead atoms. The number of aromatic nitrogens is 2. The SMILES string of the molecule is COc1cc2c(cc1OCCCN1CCCC1)ncc1c(N)nc3c(C)c(N)ccc3c12. The van der Waals surface area contributed by atoms with Gasteiger partial charge in [0.2, 0.25) is 0 Å². The van der Waals surface area contributed by atoms with Crippen molar-refractivity contribution in [3.8, 4) is 11.5 Å². The summed E-state index contributed by atoms with van der Waals surface area (Å²) in [6.07, 6.45) is 5.38. The van der Waals surface area contributed by atoms with Crippen LogP contribution >= 0.6 is 0 Å². The number of pyridine rings is 2. The number of ether oxygens (including phenoxy) is 2. The van der Waals surface area contributed by atoms with Crippen LogP contribution in [0.25, 0.3) is 32.6 Å². The van der Waals surface area contributed by atoms with Crippen LogP contribution in [0.1, 0.15) is 24.8 Å². The highest BCUT2D eigenvalue weighted by atomic mass is 16.5. The lowest BCUT2D eigenvalue weighted by molar-refractivity contribution is 0.254. The fourth-order valence-corrected chi connectivity index (χ4v) is 4.68. The Morgan fingerprint density at radius 3 is 2.62 bits per heavy atom. The molecule has 1 aliphatic rings. The van der Waals surface area contributed by atoms with Crippen LogP contribution in [0.2, 0.25) is 0 Å². The molecule has 1 aliphatic heterocycles. The molecule has 0 amide bonds. The zero-order chi connectivity index (χ0) is 22.2. The first-order valence-electron chi connectivity index (χ1n) is 11.2. The zero-order valence-electron chi connectivity index (χ0n) is 18.6. The van der Waals surface area contributed by atoms with Crippen molar-refractivity contribution in [3.63, 3.8) is 0 Å². The molecule has 1 fully saturated rings. The summed E-state index contributed by atoms with van der Waals surface area (Å²) in [5, 5.41) is 3.76. The van der Waals surface area contributed by atoms with E-state index in [1.54, 1.807) is 13.3 Å². The summed E-state index contributed by atoms with van der Waals surface area (Å²) in [6.45, 7) is 6.08. The molecule has 0 atom stereocenters. The van der Waals surface area contributed by atoms with Crippen molar-refractivity contribution in [1.29, 1.82) is 0 Å². The van der Waals surface area contributed by atoms with E-state index in [2.05, 4.69) is 14.9 Å². The van der Waals surface area contributed by atoms with Gasteiger partial charge in [0.15, 0.2) is 11.5 Å². The fraction of sp³-hybridized carbons (Fsp3) is 0.360. The molecule has 0 unspecified atom stereocenters. The van der Waals surface area contributed by atoms with Crippen LogP contribution in [0.15, 0.2) is 30.5 Å². The molecule has 4 N–H and O–H groups in total. The van der Waals surface area contributed by atoms with Crippen molar-refractivity contribution in [3.05, 3.63) is 36.0 Å². The van der Waals surface area contributed by atoms with Crippen molar-refractivity contribution in [2.24, 2.45) is 0 Å². The normalized spacial score (nSPS) is 14.6. The van der Waals surface area contributed by atoms with Crippen LogP contribution in [-0.2, 0) is 0 Å². The summed E-state index contributed by atoms with van der Waals surface area (Å²) in [5.74, 6) is 1.83. The van der Waals surface area contributed by atoms with E-state index in [4.69, 9.17) is 20.9 Å². The number of hydrogen-bond acceptors (Lipinski definition) is 7. The number of anilines is 2. The Balaban J connectivity index is 1.57. The van der Waals surface area contributed by atoms with Crippen molar-refractivity contribution in [2.45, 2.75) is 26.2 Å². The van der Waals surface area contributed by atoms with E-state index in [1.165, 1.54) is 25.9 Å². The fourth-order valence-electron chi connectivity index (χ4n) is 4.68. The minimum atomic E-state index is 0.441. The van der Waals surface area contributed by atoms with Gasteiger partial charge in [0.25, 0.3) is 0 Å². The molecule has 7 heteroatoms. The first-order valence-corrected chi connectivity index (χ1v) is 11.2. The summed E-state index contributed by atoms with van der Waals surface area (Å²) in [5.41, 5.74) is 15.7.